The summed E-state index contributed by atoms with van der Waals surface area (Å²) in [4.78, 5) is 12.0. The van der Waals surface area contributed by atoms with Gasteiger partial charge >= 0.3 is 0 Å². The van der Waals surface area contributed by atoms with Gasteiger partial charge < -0.3 is 5.11 Å². The van der Waals surface area contributed by atoms with E-state index in [4.69, 9.17) is 0 Å². The average molecular weight is 224 g/mol. The van der Waals surface area contributed by atoms with Crippen LogP contribution >= 0.6 is 11.8 Å². The molecule has 0 radical (unpaired) electrons. The van der Waals surface area contributed by atoms with Crippen LogP contribution in [0.25, 0.3) is 0 Å². The molecule has 3 heteroatoms. The first-order chi connectivity index (χ1) is 6.99. The summed E-state index contributed by atoms with van der Waals surface area (Å²) in [5.74, 6) is 0.560. The number of benzene rings is 1. The van der Waals surface area contributed by atoms with Crippen molar-refractivity contribution < 1.29 is 9.90 Å². The lowest BCUT2D eigenvalue weighted by Gasteiger charge is -2.21. The van der Waals surface area contributed by atoms with Crippen molar-refractivity contribution in [3.8, 4) is 0 Å². The predicted octanol–water partition coefficient (Wildman–Crippen LogP) is 2.51. The number of hydrogen-bond donors (Lipinski definition) is 1. The van der Waals surface area contributed by atoms with Gasteiger partial charge in [-0.1, -0.05) is 18.2 Å². The molecule has 1 aromatic carbocycles. The smallest absolute Gasteiger partial charge is 0.132 e. The molecule has 1 aromatic rings. The van der Waals surface area contributed by atoms with E-state index in [1.165, 1.54) is 6.92 Å². The fraction of sp³-hybridized carbons (Fsp3) is 0.417. The van der Waals surface area contributed by atoms with Gasteiger partial charge in [-0.05, 0) is 26.0 Å². The van der Waals surface area contributed by atoms with Crippen LogP contribution in [0.2, 0.25) is 0 Å². The number of hydrogen-bond acceptors (Lipinski definition) is 3. The molecule has 0 spiro atoms. The zero-order valence-corrected chi connectivity index (χ0v) is 9.88. The molecule has 0 bridgehead atoms. The minimum atomic E-state index is -0.910. The Hall–Kier alpha value is -0.800. The molecule has 0 fully saturated rings. The molecule has 0 aromatic heterocycles. The van der Waals surface area contributed by atoms with E-state index in [1.807, 2.05) is 30.3 Å². The van der Waals surface area contributed by atoms with Crippen molar-refractivity contribution in [1.29, 1.82) is 0 Å². The van der Waals surface area contributed by atoms with Crippen LogP contribution in [-0.2, 0) is 4.79 Å². The van der Waals surface area contributed by atoms with E-state index >= 15 is 0 Å². The molecular formula is C12H16O2S. The molecule has 1 N–H and O–H groups in total. The lowest BCUT2D eigenvalue weighted by atomic mass is 10.0. The Kier molecular flexibility index (Phi) is 4.36. The molecule has 1 rings (SSSR count). The van der Waals surface area contributed by atoms with Gasteiger partial charge in [0.15, 0.2) is 0 Å². The summed E-state index contributed by atoms with van der Waals surface area (Å²) in [6.07, 6.45) is 0.215. The quantitative estimate of drug-likeness (QED) is 0.781. The molecule has 0 saturated heterocycles. The van der Waals surface area contributed by atoms with Crippen molar-refractivity contribution in [2.75, 3.05) is 5.75 Å². The lowest BCUT2D eigenvalue weighted by molar-refractivity contribution is -0.120. The maximum atomic E-state index is 10.9. The van der Waals surface area contributed by atoms with Gasteiger partial charge in [0.25, 0.3) is 0 Å². The average Bonchev–Trinajstić information content (AvgIpc) is 2.15. The van der Waals surface area contributed by atoms with Crippen molar-refractivity contribution in [1.82, 2.24) is 0 Å². The van der Waals surface area contributed by atoms with Crippen LogP contribution in [0.15, 0.2) is 35.2 Å². The highest BCUT2D eigenvalue weighted by atomic mass is 32.2. The fourth-order valence-electron chi connectivity index (χ4n) is 1.34. The van der Waals surface area contributed by atoms with Crippen LogP contribution in [0.3, 0.4) is 0 Å². The van der Waals surface area contributed by atoms with E-state index < -0.39 is 5.60 Å². The summed E-state index contributed by atoms with van der Waals surface area (Å²) < 4.78 is 0. The molecule has 0 aliphatic carbocycles. The monoisotopic (exact) mass is 224 g/mol. The van der Waals surface area contributed by atoms with Gasteiger partial charge in [-0.3, -0.25) is 4.79 Å². The Morgan fingerprint density at radius 3 is 2.53 bits per heavy atom. The Balaban J connectivity index is 2.46. The van der Waals surface area contributed by atoms with Crippen molar-refractivity contribution in [3.63, 3.8) is 0 Å². The Labute approximate surface area is 94.7 Å². The minimum Gasteiger partial charge on any atom is -0.389 e. The molecule has 0 aliphatic heterocycles. The van der Waals surface area contributed by atoms with Crippen LogP contribution in [-0.4, -0.2) is 22.2 Å². The Morgan fingerprint density at radius 2 is 2.00 bits per heavy atom. The third-order valence-corrected chi connectivity index (χ3v) is 3.29. The maximum absolute atomic E-state index is 10.9. The third-order valence-electron chi connectivity index (χ3n) is 1.92. The standard InChI is InChI=1S/C12H16O2S/c1-10(13)8-12(2,14)9-15-11-6-4-3-5-7-11/h3-7,14H,8-9H2,1-2H3. The van der Waals surface area contributed by atoms with Crippen LogP contribution in [0.4, 0.5) is 0 Å². The Bertz CT molecular complexity index is 320. The van der Waals surface area contributed by atoms with Gasteiger partial charge in [-0.2, -0.15) is 0 Å². The molecule has 0 aliphatic rings. The van der Waals surface area contributed by atoms with Gasteiger partial charge in [0.2, 0.25) is 0 Å². The summed E-state index contributed by atoms with van der Waals surface area (Å²) >= 11 is 1.57. The van der Waals surface area contributed by atoms with Gasteiger partial charge in [0.1, 0.15) is 5.78 Å². The molecule has 1 atom stereocenters. The van der Waals surface area contributed by atoms with Crippen molar-refractivity contribution >= 4 is 17.5 Å². The largest absolute Gasteiger partial charge is 0.389 e. The van der Waals surface area contributed by atoms with Gasteiger partial charge in [0.05, 0.1) is 5.60 Å². The zero-order chi connectivity index (χ0) is 11.3. The zero-order valence-electron chi connectivity index (χ0n) is 9.06. The molecule has 2 nitrogen and oxygen atoms in total. The highest BCUT2D eigenvalue weighted by molar-refractivity contribution is 7.99. The van der Waals surface area contributed by atoms with E-state index in [0.717, 1.165) is 4.90 Å². The molecule has 15 heavy (non-hydrogen) atoms. The number of thioether (sulfide) groups is 1. The van der Waals surface area contributed by atoms with Crippen LogP contribution in [0.1, 0.15) is 20.3 Å². The first-order valence-electron chi connectivity index (χ1n) is 4.89. The number of rotatable bonds is 5. The van der Waals surface area contributed by atoms with E-state index in [0.29, 0.717) is 5.75 Å². The maximum Gasteiger partial charge on any atom is 0.132 e. The SMILES string of the molecule is CC(=O)CC(C)(O)CSc1ccccc1. The van der Waals surface area contributed by atoms with Crippen molar-refractivity contribution in [2.45, 2.75) is 30.8 Å². The van der Waals surface area contributed by atoms with Crippen LogP contribution in [0, 0.1) is 0 Å². The second-order valence-electron chi connectivity index (χ2n) is 3.98. The van der Waals surface area contributed by atoms with Crippen LogP contribution < -0.4 is 0 Å². The molecular weight excluding hydrogens is 208 g/mol. The van der Waals surface area contributed by atoms with Crippen LogP contribution in [0.5, 0.6) is 0 Å². The van der Waals surface area contributed by atoms with E-state index in [-0.39, 0.29) is 12.2 Å². The highest BCUT2D eigenvalue weighted by Crippen LogP contribution is 2.24. The molecule has 0 saturated carbocycles. The number of Topliss-reactive ketones (excluding diaryl/α,β-unsaturated/α-hetero) is 1. The minimum absolute atomic E-state index is 0.0219. The summed E-state index contributed by atoms with van der Waals surface area (Å²) in [6.45, 7) is 3.20. The van der Waals surface area contributed by atoms with E-state index in [2.05, 4.69) is 0 Å². The summed E-state index contributed by atoms with van der Waals surface area (Å²) in [6, 6.07) is 9.87. The molecule has 82 valence electrons. The van der Waals surface area contributed by atoms with Gasteiger partial charge in [0, 0.05) is 17.1 Å². The normalized spacial score (nSPS) is 14.6. The predicted molar refractivity (Wildman–Crippen MR) is 63.1 cm³/mol. The summed E-state index contributed by atoms with van der Waals surface area (Å²) in [5.41, 5.74) is -0.910. The second kappa shape index (κ2) is 5.33. The van der Waals surface area contributed by atoms with Gasteiger partial charge in [-0.25, -0.2) is 0 Å². The first-order valence-corrected chi connectivity index (χ1v) is 5.88. The number of carbonyl (C=O) groups excluding carboxylic acids is 1. The topological polar surface area (TPSA) is 37.3 Å². The number of aliphatic hydroxyl groups is 1. The molecule has 1 unspecified atom stereocenters. The number of carbonyl (C=O) groups is 1. The fourth-order valence-corrected chi connectivity index (χ4v) is 2.27. The second-order valence-corrected chi connectivity index (χ2v) is 5.03. The van der Waals surface area contributed by atoms with Crippen molar-refractivity contribution in [3.05, 3.63) is 30.3 Å². The Morgan fingerprint density at radius 1 is 1.40 bits per heavy atom. The lowest BCUT2D eigenvalue weighted by Crippen LogP contribution is -2.29. The summed E-state index contributed by atoms with van der Waals surface area (Å²) in [7, 11) is 0. The first kappa shape index (κ1) is 12.3. The molecule has 0 heterocycles. The number of ketones is 1. The highest BCUT2D eigenvalue weighted by Gasteiger charge is 2.22. The third kappa shape index (κ3) is 5.00. The molecule has 0 amide bonds. The van der Waals surface area contributed by atoms with E-state index in [1.54, 1.807) is 18.7 Å². The van der Waals surface area contributed by atoms with Gasteiger partial charge in [-0.15, -0.1) is 11.8 Å². The van der Waals surface area contributed by atoms with E-state index in [9.17, 15) is 9.90 Å². The summed E-state index contributed by atoms with van der Waals surface area (Å²) in [5, 5.41) is 9.90. The van der Waals surface area contributed by atoms with Crippen molar-refractivity contribution in [2.24, 2.45) is 0 Å².